The second-order valence-corrected chi connectivity index (χ2v) is 3.34. The minimum absolute atomic E-state index is 0.0143. The number of β-lactam (4-membered cyclic amide) rings is 1. The SMILES string of the molecule is CSC1CC(=O)N1NC(C)=O. The van der Waals surface area contributed by atoms with Crippen LogP contribution in [0.1, 0.15) is 13.3 Å². The van der Waals surface area contributed by atoms with Crippen LogP contribution in [0.4, 0.5) is 0 Å². The van der Waals surface area contributed by atoms with Gasteiger partial charge in [0.1, 0.15) is 5.37 Å². The first kappa shape index (κ1) is 8.39. The van der Waals surface area contributed by atoms with Crippen LogP contribution in [-0.4, -0.2) is 28.5 Å². The van der Waals surface area contributed by atoms with E-state index < -0.39 is 0 Å². The monoisotopic (exact) mass is 174 g/mol. The molecule has 62 valence electrons. The molecule has 0 aromatic rings. The largest absolute Gasteiger partial charge is 0.274 e. The van der Waals surface area contributed by atoms with E-state index in [4.69, 9.17) is 0 Å². The molecule has 4 nitrogen and oxygen atoms in total. The molecule has 2 amide bonds. The van der Waals surface area contributed by atoms with Gasteiger partial charge in [-0.3, -0.25) is 15.0 Å². The van der Waals surface area contributed by atoms with Gasteiger partial charge in [0.05, 0.1) is 6.42 Å². The fourth-order valence-electron chi connectivity index (χ4n) is 0.880. The van der Waals surface area contributed by atoms with E-state index in [0.29, 0.717) is 6.42 Å². The Morgan fingerprint density at radius 3 is 2.82 bits per heavy atom. The second-order valence-electron chi connectivity index (χ2n) is 2.33. The van der Waals surface area contributed by atoms with Gasteiger partial charge in [0.25, 0.3) is 0 Å². The number of hydrogen-bond acceptors (Lipinski definition) is 3. The number of rotatable bonds is 2. The number of hydrogen-bond donors (Lipinski definition) is 1. The van der Waals surface area contributed by atoms with Gasteiger partial charge >= 0.3 is 0 Å². The van der Waals surface area contributed by atoms with Crippen LogP contribution in [0, 0.1) is 0 Å². The summed E-state index contributed by atoms with van der Waals surface area (Å²) in [6.45, 7) is 1.39. The molecule has 1 rings (SSSR count). The highest BCUT2D eigenvalue weighted by Gasteiger charge is 2.36. The predicted molar refractivity (Wildman–Crippen MR) is 42.6 cm³/mol. The highest BCUT2D eigenvalue weighted by atomic mass is 32.2. The van der Waals surface area contributed by atoms with E-state index in [9.17, 15) is 9.59 Å². The third-order valence-electron chi connectivity index (χ3n) is 1.46. The normalized spacial score (nSPS) is 22.9. The minimum atomic E-state index is -0.197. The Labute approximate surface area is 69.3 Å². The maximum absolute atomic E-state index is 10.8. The van der Waals surface area contributed by atoms with Crippen LogP contribution >= 0.6 is 11.8 Å². The zero-order valence-electron chi connectivity index (χ0n) is 6.46. The Morgan fingerprint density at radius 1 is 1.82 bits per heavy atom. The van der Waals surface area contributed by atoms with Crippen LogP contribution in [0.15, 0.2) is 0 Å². The van der Waals surface area contributed by atoms with E-state index in [1.807, 2.05) is 6.26 Å². The maximum atomic E-state index is 10.8. The first-order valence-corrected chi connectivity index (χ1v) is 4.56. The van der Waals surface area contributed by atoms with E-state index in [2.05, 4.69) is 5.43 Å². The molecular formula is C6H10N2O2S. The topological polar surface area (TPSA) is 49.4 Å². The average molecular weight is 174 g/mol. The molecule has 1 aliphatic rings. The predicted octanol–water partition coefficient (Wildman–Crippen LogP) is -0.0411. The van der Waals surface area contributed by atoms with Crippen LogP contribution in [0.3, 0.4) is 0 Å². The lowest BCUT2D eigenvalue weighted by molar-refractivity contribution is -0.151. The molecule has 1 fully saturated rings. The molecular weight excluding hydrogens is 164 g/mol. The molecule has 1 heterocycles. The summed E-state index contributed by atoms with van der Waals surface area (Å²) >= 11 is 1.56. The van der Waals surface area contributed by atoms with Gasteiger partial charge in [-0.1, -0.05) is 0 Å². The van der Waals surface area contributed by atoms with E-state index in [1.165, 1.54) is 11.9 Å². The van der Waals surface area contributed by atoms with Gasteiger partial charge in [-0.2, -0.15) is 0 Å². The van der Waals surface area contributed by atoms with Gasteiger partial charge in [-0.05, 0) is 6.26 Å². The molecule has 1 atom stereocenters. The third-order valence-corrected chi connectivity index (χ3v) is 2.38. The van der Waals surface area contributed by atoms with E-state index in [0.717, 1.165) is 0 Å². The Bertz CT molecular complexity index is 195. The van der Waals surface area contributed by atoms with Crippen molar-refractivity contribution in [2.45, 2.75) is 18.7 Å². The van der Waals surface area contributed by atoms with Crippen molar-refractivity contribution in [3.8, 4) is 0 Å². The first-order chi connectivity index (χ1) is 5.15. The van der Waals surface area contributed by atoms with E-state index in [1.54, 1.807) is 11.8 Å². The van der Waals surface area contributed by atoms with Gasteiger partial charge in [0, 0.05) is 6.92 Å². The fraction of sp³-hybridized carbons (Fsp3) is 0.667. The van der Waals surface area contributed by atoms with Crippen molar-refractivity contribution in [1.82, 2.24) is 10.4 Å². The maximum Gasteiger partial charge on any atom is 0.245 e. The first-order valence-electron chi connectivity index (χ1n) is 3.27. The summed E-state index contributed by atoms with van der Waals surface area (Å²) in [5.41, 5.74) is 2.45. The number of thioether (sulfide) groups is 1. The van der Waals surface area contributed by atoms with Crippen molar-refractivity contribution >= 4 is 23.6 Å². The Kier molecular flexibility index (Phi) is 2.38. The highest BCUT2D eigenvalue weighted by Crippen LogP contribution is 2.24. The molecule has 0 aliphatic carbocycles. The molecule has 1 N–H and O–H groups in total. The molecule has 0 aromatic heterocycles. The van der Waals surface area contributed by atoms with Gasteiger partial charge in [0.2, 0.25) is 11.8 Å². The number of nitrogens with zero attached hydrogens (tertiary/aromatic N) is 1. The summed E-state index contributed by atoms with van der Waals surface area (Å²) in [4.78, 5) is 21.4. The lowest BCUT2D eigenvalue weighted by Gasteiger charge is -2.38. The minimum Gasteiger partial charge on any atom is -0.274 e. The molecule has 1 unspecified atom stereocenters. The van der Waals surface area contributed by atoms with E-state index in [-0.39, 0.29) is 17.2 Å². The van der Waals surface area contributed by atoms with Crippen LogP contribution < -0.4 is 5.43 Å². The molecule has 0 aromatic carbocycles. The zero-order chi connectivity index (χ0) is 8.43. The highest BCUT2D eigenvalue weighted by molar-refractivity contribution is 7.99. The number of hydrazine groups is 1. The number of nitrogens with one attached hydrogen (secondary N) is 1. The smallest absolute Gasteiger partial charge is 0.245 e. The lowest BCUT2D eigenvalue weighted by Crippen LogP contribution is -2.59. The Balaban J connectivity index is 2.42. The molecule has 11 heavy (non-hydrogen) atoms. The summed E-state index contributed by atoms with van der Waals surface area (Å²) in [5, 5.41) is 1.50. The van der Waals surface area contributed by atoms with Crippen LogP contribution in [0.25, 0.3) is 0 Å². The summed E-state index contributed by atoms with van der Waals surface area (Å²) in [6.07, 6.45) is 2.44. The second kappa shape index (κ2) is 3.13. The van der Waals surface area contributed by atoms with Crippen molar-refractivity contribution in [1.29, 1.82) is 0 Å². The van der Waals surface area contributed by atoms with Gasteiger partial charge in [-0.25, -0.2) is 5.01 Å². The molecule has 0 saturated carbocycles. The van der Waals surface area contributed by atoms with Gasteiger partial charge < -0.3 is 0 Å². The average Bonchev–Trinajstić information content (AvgIpc) is 1.95. The summed E-state index contributed by atoms with van der Waals surface area (Å²) < 4.78 is 0. The summed E-state index contributed by atoms with van der Waals surface area (Å²) in [5.74, 6) is -0.211. The molecule has 1 saturated heterocycles. The number of amides is 2. The van der Waals surface area contributed by atoms with Crippen LogP contribution in [0.2, 0.25) is 0 Å². The Morgan fingerprint density at radius 2 is 2.45 bits per heavy atom. The van der Waals surface area contributed by atoms with Crippen molar-refractivity contribution in [3.05, 3.63) is 0 Å². The van der Waals surface area contributed by atoms with Crippen molar-refractivity contribution in [2.24, 2.45) is 0 Å². The molecule has 0 spiro atoms. The van der Waals surface area contributed by atoms with Gasteiger partial charge in [0.15, 0.2) is 0 Å². The standard InChI is InChI=1S/C6H10N2O2S/c1-4(9)7-8-5(10)3-6(8)11-2/h6H,3H2,1-2H3,(H,7,9). The summed E-state index contributed by atoms with van der Waals surface area (Å²) in [7, 11) is 0. The third kappa shape index (κ3) is 1.65. The number of carbonyl (C=O) groups is 2. The quantitative estimate of drug-likeness (QED) is 0.597. The van der Waals surface area contributed by atoms with Crippen molar-refractivity contribution in [3.63, 3.8) is 0 Å². The summed E-state index contributed by atoms with van der Waals surface area (Å²) in [6, 6.07) is 0. The number of carbonyl (C=O) groups excluding carboxylic acids is 2. The van der Waals surface area contributed by atoms with Crippen LogP contribution in [0.5, 0.6) is 0 Å². The van der Waals surface area contributed by atoms with Crippen molar-refractivity contribution in [2.75, 3.05) is 6.26 Å². The van der Waals surface area contributed by atoms with Crippen molar-refractivity contribution < 1.29 is 9.59 Å². The zero-order valence-corrected chi connectivity index (χ0v) is 7.27. The van der Waals surface area contributed by atoms with Gasteiger partial charge in [-0.15, -0.1) is 11.8 Å². The molecule has 0 radical (unpaired) electrons. The molecule has 5 heteroatoms. The lowest BCUT2D eigenvalue weighted by atomic mass is 10.2. The van der Waals surface area contributed by atoms with Crippen LogP contribution in [-0.2, 0) is 9.59 Å². The molecule has 0 bridgehead atoms. The van der Waals surface area contributed by atoms with E-state index >= 15 is 0 Å². The fourth-order valence-corrected chi connectivity index (χ4v) is 1.57. The molecule has 1 aliphatic heterocycles. The Hall–Kier alpha value is -0.710.